The van der Waals surface area contributed by atoms with Crippen LogP contribution in [0.5, 0.6) is 0 Å². The van der Waals surface area contributed by atoms with Crippen LogP contribution in [0.1, 0.15) is 72.1 Å². The van der Waals surface area contributed by atoms with E-state index in [0.717, 1.165) is 22.0 Å². The van der Waals surface area contributed by atoms with Gasteiger partial charge in [0.05, 0.1) is 13.4 Å². The van der Waals surface area contributed by atoms with Crippen LogP contribution in [0, 0.1) is 0 Å². The van der Waals surface area contributed by atoms with Gasteiger partial charge in [-0.3, -0.25) is 4.79 Å². The molecule has 0 aliphatic carbocycles. The van der Waals surface area contributed by atoms with Crippen molar-refractivity contribution in [1.82, 2.24) is 0 Å². The molecule has 1 nitrogen and oxygen atoms in total. The topological polar surface area (TPSA) is 17.1 Å². The van der Waals surface area contributed by atoms with Gasteiger partial charge in [-0.1, -0.05) is 86.6 Å². The molecule has 0 saturated heterocycles. The van der Waals surface area contributed by atoms with Crippen molar-refractivity contribution in [2.45, 2.75) is 72.1 Å². The first-order valence-corrected chi connectivity index (χ1v) is 11.9. The Balaban J connectivity index is 2.06. The standard InChI is InChI=1S/C18H25FOS4/c1-4-6-8-10-13-14(11-9-7-5-2)23-18(22-13)17-21-12(3)15(24-17)16(19)20/h4-11H2,1-3H3. The van der Waals surface area contributed by atoms with Gasteiger partial charge in [0.2, 0.25) is 0 Å². The number of hydrogen-bond donors (Lipinski definition) is 0. The molecule has 0 fully saturated rings. The molecule has 0 amide bonds. The lowest BCUT2D eigenvalue weighted by molar-refractivity contribution is -0.124. The summed E-state index contributed by atoms with van der Waals surface area (Å²) in [6.45, 7) is 6.30. The first kappa shape index (κ1) is 20.5. The summed E-state index contributed by atoms with van der Waals surface area (Å²) >= 11 is 6.59. The van der Waals surface area contributed by atoms with E-state index < -0.39 is 6.04 Å². The molecule has 0 spiro atoms. The van der Waals surface area contributed by atoms with E-state index in [1.54, 1.807) is 11.8 Å². The maximum atomic E-state index is 13.1. The molecule has 134 valence electrons. The minimum Gasteiger partial charge on any atom is -0.255 e. The minimum atomic E-state index is -1.30. The Bertz CT molecular complexity index is 554. The predicted octanol–water partition coefficient (Wildman–Crippen LogP) is 8.17. The third kappa shape index (κ3) is 5.61. The highest BCUT2D eigenvalue weighted by Gasteiger charge is 2.30. The lowest BCUT2D eigenvalue weighted by atomic mass is 10.1. The largest absolute Gasteiger partial charge is 0.339 e. The zero-order valence-corrected chi connectivity index (χ0v) is 17.8. The average Bonchev–Trinajstić information content (AvgIpc) is 3.12. The first-order chi connectivity index (χ1) is 11.6. The van der Waals surface area contributed by atoms with Gasteiger partial charge in [0.25, 0.3) is 0 Å². The summed E-state index contributed by atoms with van der Waals surface area (Å²) in [6, 6.07) is -1.30. The van der Waals surface area contributed by atoms with Crippen molar-refractivity contribution < 1.29 is 9.18 Å². The fourth-order valence-electron chi connectivity index (χ4n) is 2.53. The van der Waals surface area contributed by atoms with Gasteiger partial charge in [0, 0.05) is 14.7 Å². The van der Waals surface area contributed by atoms with E-state index >= 15 is 0 Å². The van der Waals surface area contributed by atoms with Gasteiger partial charge >= 0.3 is 6.04 Å². The molecule has 0 bridgehead atoms. The summed E-state index contributed by atoms with van der Waals surface area (Å²) in [5.41, 5.74) is 0. The van der Waals surface area contributed by atoms with Crippen LogP contribution in [-0.4, -0.2) is 6.04 Å². The van der Waals surface area contributed by atoms with Crippen molar-refractivity contribution in [3.8, 4) is 0 Å². The molecule has 0 radical (unpaired) electrons. The van der Waals surface area contributed by atoms with Crippen molar-refractivity contribution in [1.29, 1.82) is 0 Å². The van der Waals surface area contributed by atoms with Crippen LogP contribution >= 0.6 is 47.0 Å². The van der Waals surface area contributed by atoms with E-state index in [2.05, 4.69) is 13.8 Å². The van der Waals surface area contributed by atoms with Crippen LogP contribution in [0.4, 0.5) is 4.39 Å². The molecule has 6 heteroatoms. The van der Waals surface area contributed by atoms with Crippen molar-refractivity contribution in [2.24, 2.45) is 0 Å². The second-order valence-corrected chi connectivity index (χ2v) is 10.9. The Morgan fingerprint density at radius 2 is 1.33 bits per heavy atom. The highest BCUT2D eigenvalue weighted by Crippen LogP contribution is 2.61. The Morgan fingerprint density at radius 3 is 1.75 bits per heavy atom. The van der Waals surface area contributed by atoms with E-state index in [4.69, 9.17) is 0 Å². The zero-order valence-electron chi connectivity index (χ0n) is 14.6. The van der Waals surface area contributed by atoms with E-state index in [-0.39, 0.29) is 4.91 Å². The van der Waals surface area contributed by atoms with Crippen LogP contribution in [0.25, 0.3) is 0 Å². The molecule has 2 heterocycles. The number of halogens is 1. The van der Waals surface area contributed by atoms with Crippen LogP contribution in [0.2, 0.25) is 0 Å². The quantitative estimate of drug-likeness (QED) is 0.284. The number of carbonyl (C=O) groups excluding carboxylic acids is 1. The van der Waals surface area contributed by atoms with Crippen molar-refractivity contribution >= 4 is 53.1 Å². The Labute approximate surface area is 162 Å². The summed E-state index contributed by atoms with van der Waals surface area (Å²) in [4.78, 5) is 15.2. The van der Waals surface area contributed by atoms with Crippen molar-refractivity contribution in [3.05, 3.63) is 28.1 Å². The van der Waals surface area contributed by atoms with Crippen molar-refractivity contribution in [3.63, 3.8) is 0 Å². The number of thioether (sulfide) groups is 4. The third-order valence-electron chi connectivity index (χ3n) is 3.86. The Morgan fingerprint density at radius 1 is 0.833 bits per heavy atom. The molecule has 0 aromatic rings. The van der Waals surface area contributed by atoms with Crippen molar-refractivity contribution in [2.75, 3.05) is 0 Å². The lowest BCUT2D eigenvalue weighted by Crippen LogP contribution is -1.87. The molecule has 2 aliphatic heterocycles. The van der Waals surface area contributed by atoms with Crippen LogP contribution in [-0.2, 0) is 4.79 Å². The number of carbonyl (C=O) groups is 1. The molecular formula is C18H25FOS4. The number of unbranched alkanes of at least 4 members (excludes halogenated alkanes) is 4. The number of allylic oxidation sites excluding steroid dienone is 4. The average molecular weight is 405 g/mol. The predicted molar refractivity (Wildman–Crippen MR) is 112 cm³/mol. The fraction of sp³-hybridized carbons (Fsp3) is 0.611. The second kappa shape index (κ2) is 10.4. The van der Waals surface area contributed by atoms with Crippen LogP contribution in [0.3, 0.4) is 0 Å². The molecule has 0 atom stereocenters. The maximum Gasteiger partial charge on any atom is 0.339 e. The number of rotatable bonds is 9. The molecule has 0 aromatic carbocycles. The first-order valence-electron chi connectivity index (χ1n) is 8.65. The minimum absolute atomic E-state index is 0.274. The molecule has 0 aromatic heterocycles. The highest BCUT2D eigenvalue weighted by molar-refractivity contribution is 8.34. The monoisotopic (exact) mass is 404 g/mol. The SMILES string of the molecule is CCCCCC1=C(CCCCC)SC(=C2SC(C)=C(C(=O)F)S2)S1. The number of hydrogen-bond acceptors (Lipinski definition) is 5. The van der Waals surface area contributed by atoms with E-state index in [9.17, 15) is 9.18 Å². The van der Waals surface area contributed by atoms with E-state index in [1.807, 2.05) is 30.4 Å². The fourth-order valence-corrected chi connectivity index (χ4v) is 8.15. The van der Waals surface area contributed by atoms with Gasteiger partial charge < -0.3 is 0 Å². The molecule has 0 saturated carbocycles. The molecule has 2 rings (SSSR count). The Kier molecular flexibility index (Phi) is 8.89. The highest BCUT2D eigenvalue weighted by atomic mass is 32.2. The van der Waals surface area contributed by atoms with Gasteiger partial charge in [-0.05, 0) is 32.6 Å². The van der Waals surface area contributed by atoms with E-state index in [0.29, 0.717) is 0 Å². The molecular weight excluding hydrogens is 379 g/mol. The molecule has 24 heavy (non-hydrogen) atoms. The van der Waals surface area contributed by atoms with Gasteiger partial charge in [-0.2, -0.15) is 4.39 Å². The third-order valence-corrected chi connectivity index (χ3v) is 9.77. The summed E-state index contributed by atoms with van der Waals surface area (Å²) in [6.07, 6.45) is 9.81. The summed E-state index contributed by atoms with van der Waals surface area (Å²) in [5, 5.41) is 0. The van der Waals surface area contributed by atoms with Gasteiger partial charge in [-0.15, -0.1) is 0 Å². The maximum absolute atomic E-state index is 13.1. The van der Waals surface area contributed by atoms with E-state index in [1.165, 1.54) is 64.3 Å². The normalized spacial score (nSPS) is 18.3. The Hall–Kier alpha value is 0.220. The van der Waals surface area contributed by atoms with Crippen LogP contribution in [0.15, 0.2) is 28.1 Å². The molecule has 0 N–H and O–H groups in total. The smallest absolute Gasteiger partial charge is 0.255 e. The van der Waals surface area contributed by atoms with Gasteiger partial charge in [0.15, 0.2) is 0 Å². The summed E-state index contributed by atoms with van der Waals surface area (Å²) < 4.78 is 15.4. The summed E-state index contributed by atoms with van der Waals surface area (Å²) in [5.74, 6) is 0. The molecule has 0 unspecified atom stereocenters. The zero-order chi connectivity index (χ0) is 17.5. The van der Waals surface area contributed by atoms with Gasteiger partial charge in [0.1, 0.15) is 0 Å². The molecule has 2 aliphatic rings. The lowest BCUT2D eigenvalue weighted by Gasteiger charge is -2.04. The summed E-state index contributed by atoms with van der Waals surface area (Å²) in [7, 11) is 0. The second-order valence-electron chi connectivity index (χ2n) is 5.90. The van der Waals surface area contributed by atoms with Gasteiger partial charge in [-0.25, -0.2) is 0 Å². The van der Waals surface area contributed by atoms with Crippen LogP contribution < -0.4 is 0 Å².